The zero-order valence-electron chi connectivity index (χ0n) is 12.4. The number of esters is 1. The molecule has 1 aromatic heterocycles. The van der Waals surface area contributed by atoms with Crippen molar-refractivity contribution in [3.63, 3.8) is 0 Å². The highest BCUT2D eigenvalue weighted by Crippen LogP contribution is 2.22. The number of nitrogens with zero attached hydrogens (tertiary/aromatic N) is 1. The summed E-state index contributed by atoms with van der Waals surface area (Å²) in [6, 6.07) is 4.29. The molecule has 2 aliphatic heterocycles. The number of carbonyl (C=O) groups excluding carboxylic acids is 1. The van der Waals surface area contributed by atoms with Crippen LogP contribution < -0.4 is 5.32 Å². The van der Waals surface area contributed by atoms with Gasteiger partial charge >= 0.3 is 5.97 Å². The summed E-state index contributed by atoms with van der Waals surface area (Å²) in [5.74, 6) is -0.336. The monoisotopic (exact) mass is 293 g/mol. The lowest BCUT2D eigenvalue weighted by atomic mass is 10.2. The highest BCUT2D eigenvalue weighted by molar-refractivity contribution is 5.87. The Morgan fingerprint density at radius 3 is 3.33 bits per heavy atom. The Labute approximate surface area is 124 Å². The topological polar surface area (TPSA) is 66.6 Å². The number of fused-ring (bicyclic) bond motifs is 1. The van der Waals surface area contributed by atoms with Gasteiger partial charge in [-0.1, -0.05) is 0 Å². The Bertz CT molecular complexity index is 488. The normalized spacial score (nSPS) is 25.8. The van der Waals surface area contributed by atoms with Gasteiger partial charge in [0.25, 0.3) is 0 Å². The molecule has 21 heavy (non-hydrogen) atoms. The number of nitrogens with one attached hydrogen (secondary N) is 2. The van der Waals surface area contributed by atoms with Crippen molar-refractivity contribution < 1.29 is 14.3 Å². The van der Waals surface area contributed by atoms with Crippen LogP contribution in [0.15, 0.2) is 12.1 Å². The quantitative estimate of drug-likeness (QED) is 0.784. The van der Waals surface area contributed by atoms with Crippen molar-refractivity contribution in [2.24, 2.45) is 0 Å². The molecule has 6 heteroatoms. The SMILES string of the molecule is COC(=O)c1ccc(CNCC2CN3CCCC3CO2)[nH]1. The van der Waals surface area contributed by atoms with Crippen LogP contribution in [-0.4, -0.2) is 61.3 Å². The largest absolute Gasteiger partial charge is 0.464 e. The number of ether oxygens (including phenoxy) is 2. The van der Waals surface area contributed by atoms with Gasteiger partial charge in [0, 0.05) is 31.4 Å². The molecule has 0 amide bonds. The summed E-state index contributed by atoms with van der Waals surface area (Å²) < 4.78 is 10.6. The summed E-state index contributed by atoms with van der Waals surface area (Å²) in [6.45, 7) is 4.62. The lowest BCUT2D eigenvalue weighted by Gasteiger charge is -2.35. The van der Waals surface area contributed by atoms with Crippen molar-refractivity contribution in [1.29, 1.82) is 0 Å². The second-order valence-electron chi connectivity index (χ2n) is 5.77. The van der Waals surface area contributed by atoms with Crippen molar-refractivity contribution in [2.75, 3.05) is 33.4 Å². The van der Waals surface area contributed by atoms with E-state index in [-0.39, 0.29) is 12.1 Å². The number of morpholine rings is 1. The van der Waals surface area contributed by atoms with Crippen LogP contribution in [0, 0.1) is 0 Å². The van der Waals surface area contributed by atoms with E-state index < -0.39 is 0 Å². The van der Waals surface area contributed by atoms with Crippen LogP contribution in [0.3, 0.4) is 0 Å². The average Bonchev–Trinajstić information content (AvgIpc) is 3.14. The summed E-state index contributed by atoms with van der Waals surface area (Å²) in [6.07, 6.45) is 2.83. The Morgan fingerprint density at radius 2 is 2.48 bits per heavy atom. The summed E-state index contributed by atoms with van der Waals surface area (Å²) in [5, 5.41) is 3.39. The molecule has 0 radical (unpaired) electrons. The third kappa shape index (κ3) is 3.45. The van der Waals surface area contributed by atoms with Crippen LogP contribution in [0.5, 0.6) is 0 Å². The maximum Gasteiger partial charge on any atom is 0.354 e. The summed E-state index contributed by atoms with van der Waals surface area (Å²) in [4.78, 5) is 16.9. The van der Waals surface area contributed by atoms with E-state index in [1.54, 1.807) is 6.07 Å². The van der Waals surface area contributed by atoms with Gasteiger partial charge in [-0.2, -0.15) is 0 Å². The zero-order chi connectivity index (χ0) is 14.7. The number of hydrogen-bond acceptors (Lipinski definition) is 5. The third-order valence-electron chi connectivity index (χ3n) is 4.30. The van der Waals surface area contributed by atoms with Crippen LogP contribution in [0.2, 0.25) is 0 Å². The first-order chi connectivity index (χ1) is 10.3. The number of aromatic amines is 1. The molecule has 3 rings (SSSR count). The van der Waals surface area contributed by atoms with Gasteiger partial charge in [0.2, 0.25) is 0 Å². The molecule has 116 valence electrons. The fourth-order valence-electron chi connectivity index (χ4n) is 3.15. The molecule has 2 saturated heterocycles. The smallest absolute Gasteiger partial charge is 0.354 e. The molecule has 2 aliphatic rings. The van der Waals surface area contributed by atoms with Gasteiger partial charge in [0.15, 0.2) is 0 Å². The first kappa shape index (κ1) is 14.6. The van der Waals surface area contributed by atoms with Crippen molar-refractivity contribution in [2.45, 2.75) is 31.5 Å². The van der Waals surface area contributed by atoms with Crippen LogP contribution in [-0.2, 0) is 16.0 Å². The second kappa shape index (κ2) is 6.60. The van der Waals surface area contributed by atoms with E-state index in [1.165, 1.54) is 26.5 Å². The molecule has 0 aromatic carbocycles. The van der Waals surface area contributed by atoms with Gasteiger partial charge in [-0.05, 0) is 31.5 Å². The van der Waals surface area contributed by atoms with Crippen LogP contribution in [0.4, 0.5) is 0 Å². The zero-order valence-corrected chi connectivity index (χ0v) is 12.4. The summed E-state index contributed by atoms with van der Waals surface area (Å²) in [5.41, 5.74) is 1.47. The molecular weight excluding hydrogens is 270 g/mol. The van der Waals surface area contributed by atoms with Gasteiger partial charge in [0.05, 0.1) is 19.8 Å². The number of aromatic nitrogens is 1. The molecule has 0 saturated carbocycles. The average molecular weight is 293 g/mol. The lowest BCUT2D eigenvalue weighted by Crippen LogP contribution is -2.49. The molecular formula is C15H23N3O3. The molecule has 1 aromatic rings. The Balaban J connectivity index is 1.41. The lowest BCUT2D eigenvalue weighted by molar-refractivity contribution is -0.0470. The fraction of sp³-hybridized carbons (Fsp3) is 0.667. The Hall–Kier alpha value is -1.37. The van der Waals surface area contributed by atoms with E-state index in [2.05, 4.69) is 19.9 Å². The number of rotatable bonds is 5. The number of H-pyrrole nitrogens is 1. The van der Waals surface area contributed by atoms with E-state index in [0.29, 0.717) is 18.3 Å². The molecule has 0 bridgehead atoms. The predicted molar refractivity (Wildman–Crippen MR) is 78.2 cm³/mol. The summed E-state index contributed by atoms with van der Waals surface area (Å²) in [7, 11) is 1.38. The molecule has 2 N–H and O–H groups in total. The van der Waals surface area contributed by atoms with E-state index in [4.69, 9.17) is 4.74 Å². The van der Waals surface area contributed by atoms with Crippen molar-refractivity contribution >= 4 is 5.97 Å². The van der Waals surface area contributed by atoms with E-state index in [9.17, 15) is 4.79 Å². The second-order valence-corrected chi connectivity index (χ2v) is 5.77. The molecule has 0 spiro atoms. The van der Waals surface area contributed by atoms with Gasteiger partial charge in [-0.25, -0.2) is 4.79 Å². The Morgan fingerprint density at radius 1 is 1.57 bits per heavy atom. The van der Waals surface area contributed by atoms with Crippen LogP contribution in [0.25, 0.3) is 0 Å². The molecule has 3 heterocycles. The van der Waals surface area contributed by atoms with Gasteiger partial charge in [-0.3, -0.25) is 4.90 Å². The molecule has 2 fully saturated rings. The summed E-state index contributed by atoms with van der Waals surface area (Å²) >= 11 is 0. The highest BCUT2D eigenvalue weighted by atomic mass is 16.5. The molecule has 0 aliphatic carbocycles. The highest BCUT2D eigenvalue weighted by Gasteiger charge is 2.31. The maximum atomic E-state index is 11.4. The molecule has 2 atom stereocenters. The van der Waals surface area contributed by atoms with Gasteiger partial charge in [-0.15, -0.1) is 0 Å². The first-order valence-corrected chi connectivity index (χ1v) is 7.59. The minimum atomic E-state index is -0.336. The van der Waals surface area contributed by atoms with Crippen LogP contribution in [0.1, 0.15) is 29.0 Å². The maximum absolute atomic E-state index is 11.4. The standard InChI is InChI=1S/C15H23N3O3/c1-20-15(19)14-5-4-11(17-14)7-16-8-13-9-18-6-2-3-12(18)10-21-13/h4-5,12-13,16-17H,2-3,6-10H2,1H3. The minimum absolute atomic E-state index is 0.259. The minimum Gasteiger partial charge on any atom is -0.464 e. The predicted octanol–water partition coefficient (Wildman–Crippen LogP) is 0.754. The van der Waals surface area contributed by atoms with Gasteiger partial charge < -0.3 is 19.8 Å². The fourth-order valence-corrected chi connectivity index (χ4v) is 3.15. The number of hydrogen-bond donors (Lipinski definition) is 2. The van der Waals surface area contributed by atoms with Gasteiger partial charge in [0.1, 0.15) is 5.69 Å². The van der Waals surface area contributed by atoms with E-state index in [1.807, 2.05) is 6.07 Å². The first-order valence-electron chi connectivity index (χ1n) is 7.59. The number of methoxy groups -OCH3 is 1. The van der Waals surface area contributed by atoms with E-state index in [0.717, 1.165) is 25.4 Å². The number of carbonyl (C=O) groups is 1. The Kier molecular flexibility index (Phi) is 4.57. The van der Waals surface area contributed by atoms with E-state index >= 15 is 0 Å². The van der Waals surface area contributed by atoms with Crippen molar-refractivity contribution in [1.82, 2.24) is 15.2 Å². The van der Waals surface area contributed by atoms with Crippen molar-refractivity contribution in [3.8, 4) is 0 Å². The van der Waals surface area contributed by atoms with Crippen LogP contribution >= 0.6 is 0 Å². The molecule has 6 nitrogen and oxygen atoms in total. The van der Waals surface area contributed by atoms with Crippen molar-refractivity contribution in [3.05, 3.63) is 23.5 Å². The third-order valence-corrected chi connectivity index (χ3v) is 4.30. The molecule has 2 unspecified atom stereocenters.